The number of esters is 3. The molecule has 0 fully saturated rings. The molecule has 0 unspecified atom stereocenters. The van der Waals surface area contributed by atoms with Crippen LogP contribution in [0.25, 0.3) is 0 Å². The quantitative estimate of drug-likeness (QED) is 0.221. The highest BCUT2D eigenvalue weighted by Gasteiger charge is 2.11. The fourth-order valence-corrected chi connectivity index (χ4v) is 1.52. The molecule has 24 heavy (non-hydrogen) atoms. The van der Waals surface area contributed by atoms with Crippen molar-refractivity contribution in [3.8, 4) is 5.75 Å². The molecular formula is C16H18O8. The van der Waals surface area contributed by atoms with Crippen molar-refractivity contribution in [2.45, 2.75) is 19.1 Å². The van der Waals surface area contributed by atoms with Gasteiger partial charge in [0.05, 0.1) is 12.8 Å². The molecule has 0 heterocycles. The molecule has 8 heteroatoms. The van der Waals surface area contributed by atoms with E-state index < -0.39 is 24.2 Å². The molecule has 0 amide bonds. The second-order valence-corrected chi connectivity index (χ2v) is 4.51. The van der Waals surface area contributed by atoms with Crippen LogP contribution in [0.2, 0.25) is 0 Å². The van der Waals surface area contributed by atoms with Crippen LogP contribution in [0, 0.1) is 0 Å². The summed E-state index contributed by atoms with van der Waals surface area (Å²) >= 11 is 0. The van der Waals surface area contributed by atoms with Crippen molar-refractivity contribution in [3.05, 3.63) is 42.5 Å². The maximum absolute atomic E-state index is 11.6. The number of rotatable bonds is 9. The summed E-state index contributed by atoms with van der Waals surface area (Å²) in [5.41, 5.74) is 0.260. The lowest BCUT2D eigenvalue weighted by Crippen LogP contribution is -2.15. The minimum absolute atomic E-state index is 0.0932. The van der Waals surface area contributed by atoms with Gasteiger partial charge in [-0.1, -0.05) is 18.7 Å². The number of hydrogen-bond acceptors (Lipinski definition) is 8. The smallest absolute Gasteiger partial charge is 0.330 e. The second-order valence-electron chi connectivity index (χ2n) is 4.51. The summed E-state index contributed by atoms with van der Waals surface area (Å²) in [5.74, 6) is -1.66. The summed E-state index contributed by atoms with van der Waals surface area (Å²) in [6, 6.07) is 5.59. The molecule has 0 saturated heterocycles. The molecule has 2 N–H and O–H groups in total. The molecule has 0 atom stereocenters. The molecule has 8 nitrogen and oxygen atoms in total. The molecule has 0 saturated carbocycles. The molecule has 0 aliphatic heterocycles. The van der Waals surface area contributed by atoms with Crippen LogP contribution in [0.3, 0.4) is 0 Å². The van der Waals surface area contributed by atoms with Crippen molar-refractivity contribution in [2.24, 2.45) is 0 Å². The Kier molecular flexibility index (Phi) is 8.17. The Balaban J connectivity index is 2.24. The van der Waals surface area contributed by atoms with Crippen molar-refractivity contribution in [3.63, 3.8) is 0 Å². The van der Waals surface area contributed by atoms with Crippen LogP contribution in [0.1, 0.15) is 24.7 Å². The van der Waals surface area contributed by atoms with Crippen molar-refractivity contribution in [2.75, 3.05) is 13.2 Å². The van der Waals surface area contributed by atoms with Crippen LogP contribution in [0.4, 0.5) is 0 Å². The predicted octanol–water partition coefficient (Wildman–Crippen LogP) is 0.628. The molecular weight excluding hydrogens is 320 g/mol. The van der Waals surface area contributed by atoms with E-state index in [-0.39, 0.29) is 37.4 Å². The Morgan fingerprint density at radius 2 is 1.58 bits per heavy atom. The molecule has 0 radical (unpaired) electrons. The second kappa shape index (κ2) is 10.1. The maximum atomic E-state index is 11.6. The zero-order valence-electron chi connectivity index (χ0n) is 12.8. The van der Waals surface area contributed by atoms with E-state index in [1.807, 2.05) is 0 Å². The van der Waals surface area contributed by atoms with Crippen LogP contribution < -0.4 is 4.74 Å². The summed E-state index contributed by atoms with van der Waals surface area (Å²) < 4.78 is 14.4. The van der Waals surface area contributed by atoms with Gasteiger partial charge in [-0.3, -0.25) is 9.59 Å². The third-order valence-corrected chi connectivity index (χ3v) is 2.70. The Labute approximate surface area is 138 Å². The van der Waals surface area contributed by atoms with Crippen LogP contribution in [-0.4, -0.2) is 41.3 Å². The summed E-state index contributed by atoms with van der Waals surface area (Å²) in [6.07, 6.45) is -0.974. The Hall–Kier alpha value is -2.71. The number of aliphatic hydroxyl groups is 2. The molecule has 1 aromatic rings. The normalized spacial score (nSPS) is 10.1. The van der Waals surface area contributed by atoms with Gasteiger partial charge in [-0.05, 0) is 12.1 Å². The Bertz CT molecular complexity index is 576. The minimum Gasteiger partial charge on any atom is -0.462 e. The van der Waals surface area contributed by atoms with E-state index in [1.165, 1.54) is 24.3 Å². The van der Waals surface area contributed by atoms with Gasteiger partial charge >= 0.3 is 17.9 Å². The topological polar surface area (TPSA) is 119 Å². The molecule has 0 aliphatic carbocycles. The van der Waals surface area contributed by atoms with E-state index in [0.717, 1.165) is 6.08 Å². The van der Waals surface area contributed by atoms with Gasteiger partial charge in [0.25, 0.3) is 0 Å². The van der Waals surface area contributed by atoms with Crippen LogP contribution in [0.15, 0.2) is 36.9 Å². The average Bonchev–Trinajstić information content (AvgIpc) is 2.57. The molecule has 0 aliphatic rings. The summed E-state index contributed by atoms with van der Waals surface area (Å²) in [6.45, 7) is 3.01. The third kappa shape index (κ3) is 7.52. The summed E-state index contributed by atoms with van der Waals surface area (Å²) in [7, 11) is 0. The highest BCUT2D eigenvalue weighted by atomic mass is 16.6. The van der Waals surface area contributed by atoms with Crippen LogP contribution in [0.5, 0.6) is 5.75 Å². The monoisotopic (exact) mass is 338 g/mol. The SMILES string of the molecule is C=CC(=O)OCCOC(=O)CCC(=O)Oc1ccc(C(O)O)cc1. The molecule has 130 valence electrons. The standard InChI is InChI=1S/C16H18O8/c1-2-13(17)22-9-10-23-14(18)7-8-15(19)24-12-5-3-11(4-6-12)16(20)21/h2-6,16,20-21H,1,7-10H2. The fraction of sp³-hybridized carbons (Fsp3) is 0.312. The van der Waals surface area contributed by atoms with Gasteiger partial charge in [-0.25, -0.2) is 4.79 Å². The summed E-state index contributed by atoms with van der Waals surface area (Å²) in [5, 5.41) is 17.9. The van der Waals surface area contributed by atoms with Crippen molar-refractivity contribution < 1.29 is 38.8 Å². The van der Waals surface area contributed by atoms with Gasteiger partial charge in [-0.2, -0.15) is 0 Å². The highest BCUT2D eigenvalue weighted by molar-refractivity contribution is 5.81. The number of benzene rings is 1. The molecule has 0 aromatic heterocycles. The average molecular weight is 338 g/mol. The Morgan fingerprint density at radius 1 is 1.00 bits per heavy atom. The molecule has 0 spiro atoms. The predicted molar refractivity (Wildman–Crippen MR) is 80.6 cm³/mol. The number of hydrogen-bond donors (Lipinski definition) is 2. The molecule has 0 bridgehead atoms. The first-order valence-electron chi connectivity index (χ1n) is 7.04. The van der Waals surface area contributed by atoms with Gasteiger partial charge < -0.3 is 24.4 Å². The highest BCUT2D eigenvalue weighted by Crippen LogP contribution is 2.16. The maximum Gasteiger partial charge on any atom is 0.330 e. The molecule has 1 aromatic carbocycles. The minimum atomic E-state index is -1.60. The van der Waals surface area contributed by atoms with E-state index in [4.69, 9.17) is 19.7 Å². The summed E-state index contributed by atoms with van der Waals surface area (Å²) in [4.78, 5) is 33.7. The number of carbonyl (C=O) groups is 3. The zero-order chi connectivity index (χ0) is 17.9. The molecule has 1 rings (SSSR count). The van der Waals surface area contributed by atoms with Crippen molar-refractivity contribution >= 4 is 17.9 Å². The van der Waals surface area contributed by atoms with Crippen molar-refractivity contribution in [1.29, 1.82) is 0 Å². The fourth-order valence-electron chi connectivity index (χ4n) is 1.52. The lowest BCUT2D eigenvalue weighted by atomic mass is 10.2. The van der Waals surface area contributed by atoms with E-state index in [2.05, 4.69) is 11.3 Å². The largest absolute Gasteiger partial charge is 0.462 e. The first kappa shape index (κ1) is 19.3. The van der Waals surface area contributed by atoms with E-state index in [1.54, 1.807) is 0 Å². The van der Waals surface area contributed by atoms with Gasteiger partial charge in [0.15, 0.2) is 6.29 Å². The van der Waals surface area contributed by atoms with Gasteiger partial charge in [-0.15, -0.1) is 0 Å². The van der Waals surface area contributed by atoms with Gasteiger partial charge in [0.1, 0.15) is 19.0 Å². The first-order chi connectivity index (χ1) is 11.4. The van der Waals surface area contributed by atoms with Crippen LogP contribution >= 0.6 is 0 Å². The van der Waals surface area contributed by atoms with E-state index >= 15 is 0 Å². The van der Waals surface area contributed by atoms with Crippen LogP contribution in [-0.2, 0) is 23.9 Å². The van der Waals surface area contributed by atoms with Gasteiger partial charge in [0, 0.05) is 11.6 Å². The number of carbonyl (C=O) groups excluding carboxylic acids is 3. The first-order valence-corrected chi connectivity index (χ1v) is 7.04. The lowest BCUT2D eigenvalue weighted by molar-refractivity contribution is -0.151. The number of ether oxygens (including phenoxy) is 3. The van der Waals surface area contributed by atoms with E-state index in [0.29, 0.717) is 0 Å². The zero-order valence-corrected chi connectivity index (χ0v) is 12.8. The van der Waals surface area contributed by atoms with Gasteiger partial charge in [0.2, 0.25) is 0 Å². The Morgan fingerprint density at radius 3 is 2.17 bits per heavy atom. The van der Waals surface area contributed by atoms with E-state index in [9.17, 15) is 14.4 Å². The third-order valence-electron chi connectivity index (χ3n) is 2.70. The lowest BCUT2D eigenvalue weighted by Gasteiger charge is -2.07. The van der Waals surface area contributed by atoms with Crippen molar-refractivity contribution in [1.82, 2.24) is 0 Å². The number of aliphatic hydroxyl groups excluding tert-OH is 1.